The Morgan fingerprint density at radius 1 is 1.10 bits per heavy atom. The molecule has 0 unspecified atom stereocenters. The topological polar surface area (TPSA) is 54.0 Å². The number of methoxy groups -OCH3 is 1. The summed E-state index contributed by atoms with van der Waals surface area (Å²) in [6.07, 6.45) is 2.73. The van der Waals surface area contributed by atoms with Gasteiger partial charge < -0.3 is 18.9 Å². The minimum Gasteiger partial charge on any atom is -0.494 e. The molecule has 0 aliphatic carbocycles. The van der Waals surface area contributed by atoms with Gasteiger partial charge in [-0.2, -0.15) is 0 Å². The zero-order valence-corrected chi connectivity index (χ0v) is 11.7. The first kappa shape index (κ1) is 16.0. The maximum Gasteiger partial charge on any atom is 0.330 e. The van der Waals surface area contributed by atoms with Crippen LogP contribution < -0.4 is 9.47 Å². The minimum absolute atomic E-state index is 0.226. The van der Waals surface area contributed by atoms with E-state index in [4.69, 9.17) is 18.9 Å². The van der Waals surface area contributed by atoms with Gasteiger partial charge in [-0.3, -0.25) is 0 Å². The highest BCUT2D eigenvalue weighted by atomic mass is 16.7. The van der Waals surface area contributed by atoms with E-state index in [-0.39, 0.29) is 6.79 Å². The first-order valence-corrected chi connectivity index (χ1v) is 6.40. The summed E-state index contributed by atoms with van der Waals surface area (Å²) in [6.45, 7) is 4.51. The number of hydrogen-bond acceptors (Lipinski definition) is 5. The molecule has 0 aromatic heterocycles. The number of carbonyl (C=O) groups is 1. The van der Waals surface area contributed by atoms with Crippen LogP contribution in [0.3, 0.4) is 0 Å². The summed E-state index contributed by atoms with van der Waals surface area (Å²) < 4.78 is 20.5. The molecule has 5 heteroatoms. The molecule has 0 N–H and O–H groups in total. The van der Waals surface area contributed by atoms with Gasteiger partial charge in [-0.05, 0) is 37.1 Å². The zero-order chi connectivity index (χ0) is 14.6. The molecule has 0 saturated heterocycles. The molecule has 5 nitrogen and oxygen atoms in total. The number of benzene rings is 1. The third kappa shape index (κ3) is 6.80. The average molecular weight is 280 g/mol. The van der Waals surface area contributed by atoms with Gasteiger partial charge in [0.25, 0.3) is 0 Å². The van der Waals surface area contributed by atoms with Crippen LogP contribution in [0.5, 0.6) is 11.5 Å². The summed E-state index contributed by atoms with van der Waals surface area (Å²) in [5.41, 5.74) is 0. The van der Waals surface area contributed by atoms with Gasteiger partial charge in [-0.1, -0.05) is 6.58 Å². The van der Waals surface area contributed by atoms with E-state index in [0.29, 0.717) is 13.2 Å². The molecule has 0 bridgehead atoms. The summed E-state index contributed by atoms with van der Waals surface area (Å²) >= 11 is 0. The lowest BCUT2D eigenvalue weighted by Gasteiger charge is -2.08. The monoisotopic (exact) mass is 280 g/mol. The molecule has 20 heavy (non-hydrogen) atoms. The van der Waals surface area contributed by atoms with Gasteiger partial charge in [-0.25, -0.2) is 4.79 Å². The van der Waals surface area contributed by atoms with Crippen molar-refractivity contribution < 1.29 is 23.7 Å². The number of carbonyl (C=O) groups excluding carboxylic acids is 1. The van der Waals surface area contributed by atoms with Crippen LogP contribution in [0.15, 0.2) is 36.9 Å². The fourth-order valence-electron chi connectivity index (χ4n) is 1.38. The van der Waals surface area contributed by atoms with E-state index in [1.807, 2.05) is 24.3 Å². The number of esters is 1. The van der Waals surface area contributed by atoms with Crippen LogP contribution in [0.2, 0.25) is 0 Å². The third-order valence-electron chi connectivity index (χ3n) is 2.39. The van der Waals surface area contributed by atoms with Crippen LogP contribution in [-0.2, 0) is 14.3 Å². The molecule has 1 rings (SSSR count). The maximum absolute atomic E-state index is 10.8. The average Bonchev–Trinajstić information content (AvgIpc) is 2.49. The first-order valence-electron chi connectivity index (χ1n) is 6.40. The highest BCUT2D eigenvalue weighted by molar-refractivity contribution is 5.81. The molecule has 0 radical (unpaired) electrons. The summed E-state index contributed by atoms with van der Waals surface area (Å²) in [7, 11) is 1.57. The Bertz CT molecular complexity index is 399. The van der Waals surface area contributed by atoms with Gasteiger partial charge >= 0.3 is 5.97 Å². The van der Waals surface area contributed by atoms with Crippen LogP contribution in [0, 0.1) is 0 Å². The molecular formula is C15H20O5. The zero-order valence-electron chi connectivity index (χ0n) is 11.7. The van der Waals surface area contributed by atoms with Crippen molar-refractivity contribution in [2.24, 2.45) is 0 Å². The van der Waals surface area contributed by atoms with E-state index >= 15 is 0 Å². The van der Waals surface area contributed by atoms with Gasteiger partial charge in [0.05, 0.1) is 13.2 Å². The van der Waals surface area contributed by atoms with Crippen molar-refractivity contribution in [3.05, 3.63) is 36.9 Å². The van der Waals surface area contributed by atoms with Crippen molar-refractivity contribution in [3.63, 3.8) is 0 Å². The van der Waals surface area contributed by atoms with E-state index in [0.717, 1.165) is 30.4 Å². The maximum atomic E-state index is 10.8. The Morgan fingerprint density at radius 2 is 1.70 bits per heavy atom. The van der Waals surface area contributed by atoms with Crippen molar-refractivity contribution in [2.75, 3.05) is 27.1 Å². The highest BCUT2D eigenvalue weighted by Crippen LogP contribution is 2.17. The number of hydrogen-bond donors (Lipinski definition) is 0. The molecule has 0 spiro atoms. The molecule has 1 aromatic carbocycles. The molecule has 0 atom stereocenters. The Kier molecular flexibility index (Phi) is 7.91. The lowest BCUT2D eigenvalue weighted by molar-refractivity contribution is -0.137. The molecule has 0 aliphatic heterocycles. The van der Waals surface area contributed by atoms with Crippen LogP contribution in [0.1, 0.15) is 12.8 Å². The van der Waals surface area contributed by atoms with E-state index in [2.05, 4.69) is 6.58 Å². The van der Waals surface area contributed by atoms with E-state index < -0.39 is 5.97 Å². The normalized spacial score (nSPS) is 9.85. The smallest absolute Gasteiger partial charge is 0.330 e. The molecule has 0 saturated carbocycles. The second-order valence-corrected chi connectivity index (χ2v) is 3.95. The van der Waals surface area contributed by atoms with Gasteiger partial charge in [0.15, 0.2) is 6.79 Å². The van der Waals surface area contributed by atoms with Crippen molar-refractivity contribution in [1.29, 1.82) is 0 Å². The van der Waals surface area contributed by atoms with Crippen LogP contribution in [0.4, 0.5) is 0 Å². The fourth-order valence-corrected chi connectivity index (χ4v) is 1.38. The lowest BCUT2D eigenvalue weighted by Crippen LogP contribution is -2.04. The second-order valence-electron chi connectivity index (χ2n) is 3.95. The van der Waals surface area contributed by atoms with Gasteiger partial charge in [0, 0.05) is 13.2 Å². The van der Waals surface area contributed by atoms with Crippen molar-refractivity contribution in [2.45, 2.75) is 12.8 Å². The van der Waals surface area contributed by atoms with Gasteiger partial charge in [-0.15, -0.1) is 0 Å². The standard InChI is InChI=1S/C15H20O5/c1-3-15(16)19-11-5-4-10-18-13-6-8-14(9-7-13)20-12-17-2/h3,6-9H,1,4-5,10-12H2,2H3. The Balaban J connectivity index is 2.12. The van der Waals surface area contributed by atoms with E-state index in [1.165, 1.54) is 0 Å². The summed E-state index contributed by atoms with van der Waals surface area (Å²) in [5.74, 6) is 1.12. The Morgan fingerprint density at radius 3 is 2.30 bits per heavy atom. The number of ether oxygens (including phenoxy) is 4. The Labute approximate surface area is 119 Å². The Hall–Kier alpha value is -2.01. The molecule has 0 heterocycles. The largest absolute Gasteiger partial charge is 0.494 e. The second kappa shape index (κ2) is 9.86. The fraction of sp³-hybridized carbons (Fsp3) is 0.400. The van der Waals surface area contributed by atoms with Gasteiger partial charge in [0.1, 0.15) is 11.5 Å². The summed E-state index contributed by atoms with van der Waals surface area (Å²) in [6, 6.07) is 7.31. The van der Waals surface area contributed by atoms with E-state index in [1.54, 1.807) is 7.11 Å². The SMILES string of the molecule is C=CC(=O)OCCCCOc1ccc(OCOC)cc1. The molecule has 0 aliphatic rings. The van der Waals surface area contributed by atoms with Crippen LogP contribution >= 0.6 is 0 Å². The molecule has 1 aromatic rings. The van der Waals surface area contributed by atoms with Crippen molar-refractivity contribution in [3.8, 4) is 11.5 Å². The van der Waals surface area contributed by atoms with Crippen LogP contribution in [-0.4, -0.2) is 33.1 Å². The highest BCUT2D eigenvalue weighted by Gasteiger charge is 1.98. The lowest BCUT2D eigenvalue weighted by atomic mass is 10.3. The summed E-state index contributed by atoms with van der Waals surface area (Å²) in [5, 5.41) is 0. The minimum atomic E-state index is -0.391. The molecule has 110 valence electrons. The molecule has 0 fully saturated rings. The van der Waals surface area contributed by atoms with Crippen molar-refractivity contribution in [1.82, 2.24) is 0 Å². The number of rotatable bonds is 10. The predicted octanol–water partition coefficient (Wildman–Crippen LogP) is 2.56. The predicted molar refractivity (Wildman–Crippen MR) is 74.8 cm³/mol. The molecular weight excluding hydrogens is 260 g/mol. The van der Waals surface area contributed by atoms with Crippen LogP contribution in [0.25, 0.3) is 0 Å². The summed E-state index contributed by atoms with van der Waals surface area (Å²) in [4.78, 5) is 10.8. The van der Waals surface area contributed by atoms with Crippen molar-refractivity contribution >= 4 is 5.97 Å². The first-order chi connectivity index (χ1) is 9.76. The number of unbranched alkanes of at least 4 members (excludes halogenated alkanes) is 1. The third-order valence-corrected chi connectivity index (χ3v) is 2.39. The van der Waals surface area contributed by atoms with E-state index in [9.17, 15) is 4.79 Å². The quantitative estimate of drug-likeness (QED) is 0.285. The van der Waals surface area contributed by atoms with Gasteiger partial charge in [0.2, 0.25) is 0 Å². The molecule has 0 amide bonds.